The maximum absolute atomic E-state index is 12.5. The highest BCUT2D eigenvalue weighted by Gasteiger charge is 2.26. The first-order valence-corrected chi connectivity index (χ1v) is 10.4. The van der Waals surface area contributed by atoms with Gasteiger partial charge in [0.15, 0.2) is 0 Å². The summed E-state index contributed by atoms with van der Waals surface area (Å²) in [7, 11) is -3.38. The van der Waals surface area contributed by atoms with E-state index in [2.05, 4.69) is 5.32 Å². The number of amides is 1. The Bertz CT molecular complexity index is 827. The van der Waals surface area contributed by atoms with Crippen molar-refractivity contribution in [3.63, 3.8) is 0 Å². The number of carbonyl (C=O) groups is 1. The van der Waals surface area contributed by atoms with Crippen molar-refractivity contribution >= 4 is 15.9 Å². The lowest BCUT2D eigenvalue weighted by molar-refractivity contribution is -0.121. The van der Waals surface area contributed by atoms with Crippen molar-refractivity contribution in [1.82, 2.24) is 9.62 Å². The van der Waals surface area contributed by atoms with Gasteiger partial charge < -0.3 is 5.32 Å². The number of sulfonamides is 1. The van der Waals surface area contributed by atoms with E-state index < -0.39 is 10.0 Å². The molecule has 0 spiro atoms. The van der Waals surface area contributed by atoms with E-state index in [4.69, 9.17) is 0 Å². The maximum Gasteiger partial charge on any atom is 0.243 e. The molecule has 0 unspecified atom stereocenters. The van der Waals surface area contributed by atoms with Gasteiger partial charge in [0.25, 0.3) is 0 Å². The van der Waals surface area contributed by atoms with Crippen molar-refractivity contribution < 1.29 is 13.2 Å². The molecule has 2 aromatic carbocycles. The third-order valence-electron chi connectivity index (χ3n) is 4.60. The van der Waals surface area contributed by atoms with Crippen LogP contribution in [0.25, 0.3) is 0 Å². The molecule has 0 saturated carbocycles. The summed E-state index contributed by atoms with van der Waals surface area (Å²) in [5, 5.41) is 2.88. The van der Waals surface area contributed by atoms with E-state index in [-0.39, 0.29) is 5.91 Å². The van der Waals surface area contributed by atoms with Crippen molar-refractivity contribution in [2.24, 2.45) is 0 Å². The average molecular weight is 372 g/mol. The van der Waals surface area contributed by atoms with Gasteiger partial charge in [0.05, 0.1) is 4.90 Å². The van der Waals surface area contributed by atoms with Gasteiger partial charge in [-0.1, -0.05) is 42.5 Å². The fourth-order valence-corrected chi connectivity index (χ4v) is 4.57. The van der Waals surface area contributed by atoms with Crippen LogP contribution in [0, 0.1) is 0 Å². The maximum atomic E-state index is 12.5. The molecule has 0 aromatic heterocycles. The number of hydrogen-bond acceptors (Lipinski definition) is 3. The summed E-state index contributed by atoms with van der Waals surface area (Å²) in [6, 6.07) is 16.7. The topological polar surface area (TPSA) is 66.5 Å². The third-order valence-corrected chi connectivity index (χ3v) is 6.51. The van der Waals surface area contributed by atoms with Crippen LogP contribution >= 0.6 is 0 Å². The number of rotatable bonds is 7. The van der Waals surface area contributed by atoms with Crippen molar-refractivity contribution in [3.05, 3.63) is 65.7 Å². The van der Waals surface area contributed by atoms with E-state index in [9.17, 15) is 13.2 Å². The Kier molecular flexibility index (Phi) is 6.06. The van der Waals surface area contributed by atoms with Gasteiger partial charge in [-0.2, -0.15) is 4.31 Å². The van der Waals surface area contributed by atoms with Crippen LogP contribution in [0.15, 0.2) is 59.5 Å². The van der Waals surface area contributed by atoms with E-state index >= 15 is 0 Å². The normalized spacial score (nSPS) is 15.1. The molecule has 1 N–H and O–H groups in total. The van der Waals surface area contributed by atoms with Crippen LogP contribution < -0.4 is 5.32 Å². The Morgan fingerprint density at radius 3 is 2.23 bits per heavy atom. The van der Waals surface area contributed by atoms with Crippen molar-refractivity contribution in [1.29, 1.82) is 0 Å². The Hall–Kier alpha value is -2.18. The van der Waals surface area contributed by atoms with Crippen LogP contribution in [0.5, 0.6) is 0 Å². The fourth-order valence-electron chi connectivity index (χ4n) is 3.05. The number of carbonyl (C=O) groups excluding carboxylic acids is 1. The second-order valence-electron chi connectivity index (χ2n) is 6.52. The van der Waals surface area contributed by atoms with Crippen LogP contribution in [-0.4, -0.2) is 31.7 Å². The quantitative estimate of drug-likeness (QED) is 0.813. The number of nitrogens with zero attached hydrogens (tertiary/aromatic N) is 1. The van der Waals surface area contributed by atoms with E-state index in [1.54, 1.807) is 24.3 Å². The molecule has 26 heavy (non-hydrogen) atoms. The predicted molar refractivity (Wildman–Crippen MR) is 101 cm³/mol. The fraction of sp³-hybridized carbons (Fsp3) is 0.350. The first kappa shape index (κ1) is 18.6. The summed E-state index contributed by atoms with van der Waals surface area (Å²) in [6.07, 6.45) is 2.99. The van der Waals surface area contributed by atoms with Crippen molar-refractivity contribution in [2.45, 2.75) is 37.1 Å². The van der Waals surface area contributed by atoms with Gasteiger partial charge in [-0.15, -0.1) is 0 Å². The zero-order valence-corrected chi connectivity index (χ0v) is 15.5. The monoisotopic (exact) mass is 372 g/mol. The SMILES string of the molecule is O=C(CCc1ccccc1)NCc1ccc(S(=O)(=O)N2CCCC2)cc1. The zero-order valence-electron chi connectivity index (χ0n) is 14.7. The smallest absolute Gasteiger partial charge is 0.243 e. The molecule has 3 rings (SSSR count). The minimum Gasteiger partial charge on any atom is -0.352 e. The van der Waals surface area contributed by atoms with Gasteiger partial charge in [0.1, 0.15) is 0 Å². The summed E-state index contributed by atoms with van der Waals surface area (Å²) >= 11 is 0. The summed E-state index contributed by atoms with van der Waals surface area (Å²) in [5.74, 6) is -0.0115. The summed E-state index contributed by atoms with van der Waals surface area (Å²) in [4.78, 5) is 12.3. The highest BCUT2D eigenvalue weighted by atomic mass is 32.2. The Morgan fingerprint density at radius 2 is 1.58 bits per heavy atom. The van der Waals surface area contributed by atoms with Crippen LogP contribution in [-0.2, 0) is 27.8 Å². The van der Waals surface area contributed by atoms with Crippen LogP contribution in [0.1, 0.15) is 30.4 Å². The van der Waals surface area contributed by atoms with Crippen LogP contribution in [0.3, 0.4) is 0 Å². The molecule has 1 aliphatic rings. The molecule has 0 bridgehead atoms. The molecule has 1 fully saturated rings. The highest BCUT2D eigenvalue weighted by Crippen LogP contribution is 2.21. The first-order chi connectivity index (χ1) is 12.6. The number of nitrogens with one attached hydrogen (secondary N) is 1. The number of hydrogen-bond donors (Lipinski definition) is 1. The lowest BCUT2D eigenvalue weighted by atomic mass is 10.1. The molecule has 1 aliphatic heterocycles. The first-order valence-electron chi connectivity index (χ1n) is 8.95. The summed E-state index contributed by atoms with van der Waals surface area (Å²) < 4.78 is 26.5. The third kappa shape index (κ3) is 4.71. The van der Waals surface area contributed by atoms with E-state index in [0.29, 0.717) is 37.4 Å². The summed E-state index contributed by atoms with van der Waals surface area (Å²) in [5.41, 5.74) is 2.03. The van der Waals surface area contributed by atoms with Crippen molar-refractivity contribution in [2.75, 3.05) is 13.1 Å². The second kappa shape index (κ2) is 8.47. The lowest BCUT2D eigenvalue weighted by Crippen LogP contribution is -2.28. The molecule has 6 heteroatoms. The second-order valence-corrected chi connectivity index (χ2v) is 8.46. The van der Waals surface area contributed by atoms with Gasteiger partial charge >= 0.3 is 0 Å². The molecule has 0 atom stereocenters. The van der Waals surface area contributed by atoms with Gasteiger partial charge in [0, 0.05) is 26.1 Å². The Balaban J connectivity index is 1.50. The molecule has 1 heterocycles. The predicted octanol–water partition coefficient (Wildman–Crippen LogP) is 2.72. The molecule has 1 amide bonds. The highest BCUT2D eigenvalue weighted by molar-refractivity contribution is 7.89. The molecular formula is C20H24N2O3S. The van der Waals surface area contributed by atoms with Crippen LogP contribution in [0.2, 0.25) is 0 Å². The van der Waals surface area contributed by atoms with E-state index in [1.165, 1.54) is 4.31 Å². The Labute approximate surface area is 155 Å². The molecule has 5 nitrogen and oxygen atoms in total. The van der Waals surface area contributed by atoms with E-state index in [0.717, 1.165) is 24.0 Å². The number of aryl methyl sites for hydroxylation is 1. The molecule has 0 radical (unpaired) electrons. The molecule has 1 saturated heterocycles. The molecule has 0 aliphatic carbocycles. The van der Waals surface area contributed by atoms with Gasteiger partial charge in [-0.3, -0.25) is 4.79 Å². The van der Waals surface area contributed by atoms with Crippen LogP contribution in [0.4, 0.5) is 0 Å². The lowest BCUT2D eigenvalue weighted by Gasteiger charge is -2.15. The van der Waals surface area contributed by atoms with Gasteiger partial charge in [-0.25, -0.2) is 8.42 Å². The molecule has 138 valence electrons. The summed E-state index contributed by atoms with van der Waals surface area (Å²) in [6.45, 7) is 1.60. The van der Waals surface area contributed by atoms with Gasteiger partial charge in [-0.05, 0) is 42.5 Å². The molecule has 2 aromatic rings. The largest absolute Gasteiger partial charge is 0.352 e. The Morgan fingerprint density at radius 1 is 0.923 bits per heavy atom. The zero-order chi connectivity index (χ0) is 18.4. The number of benzene rings is 2. The van der Waals surface area contributed by atoms with E-state index in [1.807, 2.05) is 30.3 Å². The van der Waals surface area contributed by atoms with Crippen molar-refractivity contribution in [3.8, 4) is 0 Å². The minimum atomic E-state index is -3.38. The minimum absolute atomic E-state index is 0.0115. The average Bonchev–Trinajstić information content (AvgIpc) is 3.21. The standard InChI is InChI=1S/C20H24N2O3S/c23-20(13-10-17-6-2-1-3-7-17)21-16-18-8-11-19(12-9-18)26(24,25)22-14-4-5-15-22/h1-3,6-9,11-12H,4-5,10,13-16H2,(H,21,23). The van der Waals surface area contributed by atoms with Gasteiger partial charge in [0.2, 0.25) is 15.9 Å². The molecular weight excluding hydrogens is 348 g/mol.